The third-order valence-electron chi connectivity index (χ3n) is 2.25. The molecule has 1 aromatic carbocycles. The quantitative estimate of drug-likeness (QED) is 0.709. The number of hydrogen-bond acceptors (Lipinski definition) is 4. The van der Waals surface area contributed by atoms with Gasteiger partial charge in [-0.05, 0) is 18.2 Å². The zero-order chi connectivity index (χ0) is 13.2. The molecule has 7 heteroatoms. The van der Waals surface area contributed by atoms with Crippen molar-refractivity contribution in [1.82, 2.24) is 5.32 Å². The van der Waals surface area contributed by atoms with Crippen LogP contribution >= 0.6 is 0 Å². The summed E-state index contributed by atoms with van der Waals surface area (Å²) in [5.74, 6) is -1.70. The maximum Gasteiger partial charge on any atom is 0.416 e. The first-order chi connectivity index (χ1) is 8.39. The number of alkyl halides is 3. The number of benzene rings is 1. The van der Waals surface area contributed by atoms with Gasteiger partial charge in [0, 0.05) is 18.1 Å². The lowest BCUT2D eigenvalue weighted by Gasteiger charge is -2.28. The van der Waals surface area contributed by atoms with E-state index >= 15 is 0 Å². The topological polar surface area (TPSA) is 56.6 Å². The highest BCUT2D eigenvalue weighted by Gasteiger charge is 2.31. The van der Waals surface area contributed by atoms with E-state index in [1.165, 1.54) is 24.5 Å². The number of hydrogen-bond donors (Lipinski definition) is 3. The van der Waals surface area contributed by atoms with Crippen molar-refractivity contribution in [3.63, 3.8) is 0 Å². The molecule has 0 radical (unpaired) electrons. The minimum absolute atomic E-state index is 0.126. The number of rotatable bonds is 2. The summed E-state index contributed by atoms with van der Waals surface area (Å²) >= 11 is 0. The molecule has 0 saturated carbocycles. The van der Waals surface area contributed by atoms with Crippen LogP contribution in [0.5, 0.6) is 0 Å². The summed E-state index contributed by atoms with van der Waals surface area (Å²) in [6, 6.07) is 4.54. The molecule has 1 atom stereocenters. The summed E-state index contributed by atoms with van der Waals surface area (Å²) in [6.45, 7) is 0. The lowest BCUT2D eigenvalue weighted by molar-refractivity contribution is -0.137. The van der Waals surface area contributed by atoms with Crippen LogP contribution in [-0.4, -0.2) is 17.2 Å². The van der Waals surface area contributed by atoms with Gasteiger partial charge in [0.1, 0.15) is 0 Å². The summed E-state index contributed by atoms with van der Waals surface area (Å²) < 4.78 is 37.5. The Morgan fingerprint density at radius 1 is 1.33 bits per heavy atom. The molecule has 18 heavy (non-hydrogen) atoms. The SMILES string of the molecule is OC1(Nc2cccc(C(F)(F)F)c2)C=NC=CN1. The van der Waals surface area contributed by atoms with E-state index < -0.39 is 17.6 Å². The third kappa shape index (κ3) is 2.80. The first-order valence-corrected chi connectivity index (χ1v) is 5.04. The molecule has 1 aliphatic rings. The molecule has 2 rings (SSSR count). The molecule has 0 saturated heterocycles. The van der Waals surface area contributed by atoms with Gasteiger partial charge in [0.25, 0.3) is 5.85 Å². The monoisotopic (exact) mass is 257 g/mol. The van der Waals surface area contributed by atoms with Crippen molar-refractivity contribution in [2.45, 2.75) is 12.0 Å². The van der Waals surface area contributed by atoms with Gasteiger partial charge in [0.15, 0.2) is 0 Å². The largest absolute Gasteiger partial charge is 0.416 e. The standard InChI is InChI=1S/C11H10F3N3O/c12-11(13,14)8-2-1-3-9(6-8)17-10(18)7-15-4-5-16-10/h1-7,16-18H. The van der Waals surface area contributed by atoms with Crippen LogP contribution in [0.1, 0.15) is 5.56 Å². The minimum Gasteiger partial charge on any atom is -0.350 e. The molecule has 1 aliphatic heterocycles. The molecular formula is C11H10F3N3O. The van der Waals surface area contributed by atoms with Gasteiger partial charge >= 0.3 is 6.18 Å². The second-order valence-corrected chi connectivity index (χ2v) is 3.71. The molecule has 0 spiro atoms. The minimum atomic E-state index is -4.42. The average molecular weight is 257 g/mol. The van der Waals surface area contributed by atoms with Crippen molar-refractivity contribution in [2.75, 3.05) is 5.32 Å². The lowest BCUT2D eigenvalue weighted by atomic mass is 10.2. The highest BCUT2D eigenvalue weighted by Crippen LogP contribution is 2.31. The highest BCUT2D eigenvalue weighted by molar-refractivity contribution is 5.74. The molecule has 0 aromatic heterocycles. The summed E-state index contributed by atoms with van der Waals surface area (Å²) in [7, 11) is 0. The molecule has 4 nitrogen and oxygen atoms in total. The Kier molecular flexibility index (Phi) is 3.00. The smallest absolute Gasteiger partial charge is 0.350 e. The number of nitrogens with one attached hydrogen (secondary N) is 2. The van der Waals surface area contributed by atoms with Gasteiger partial charge in [-0.3, -0.25) is 4.99 Å². The summed E-state index contributed by atoms with van der Waals surface area (Å²) in [5, 5.41) is 15.0. The maximum atomic E-state index is 12.5. The van der Waals surface area contributed by atoms with Gasteiger partial charge in [-0.2, -0.15) is 13.2 Å². The van der Waals surface area contributed by atoms with Crippen LogP contribution in [0.25, 0.3) is 0 Å². The van der Waals surface area contributed by atoms with Crippen molar-refractivity contribution in [1.29, 1.82) is 0 Å². The Morgan fingerprint density at radius 3 is 2.72 bits per heavy atom. The Balaban J connectivity index is 2.20. The van der Waals surface area contributed by atoms with Gasteiger partial charge in [-0.25, -0.2) is 0 Å². The predicted octanol–water partition coefficient (Wildman–Crippen LogP) is 1.91. The van der Waals surface area contributed by atoms with E-state index in [0.29, 0.717) is 0 Å². The van der Waals surface area contributed by atoms with E-state index in [9.17, 15) is 18.3 Å². The van der Waals surface area contributed by atoms with Gasteiger partial charge < -0.3 is 15.7 Å². The third-order valence-corrected chi connectivity index (χ3v) is 2.25. The van der Waals surface area contributed by atoms with Crippen LogP contribution in [0, 0.1) is 0 Å². The number of halogens is 3. The van der Waals surface area contributed by atoms with Crippen molar-refractivity contribution in [3.8, 4) is 0 Å². The van der Waals surface area contributed by atoms with Gasteiger partial charge in [0.2, 0.25) is 0 Å². The molecule has 3 N–H and O–H groups in total. The Bertz CT molecular complexity index is 499. The van der Waals surface area contributed by atoms with E-state index in [1.807, 2.05) is 0 Å². The van der Waals surface area contributed by atoms with E-state index in [4.69, 9.17) is 0 Å². The van der Waals surface area contributed by atoms with Crippen molar-refractivity contribution < 1.29 is 18.3 Å². The number of aliphatic imine (C=N–C) groups is 1. The molecule has 0 amide bonds. The fraction of sp³-hybridized carbons (Fsp3) is 0.182. The second-order valence-electron chi connectivity index (χ2n) is 3.71. The molecule has 1 heterocycles. The molecular weight excluding hydrogens is 247 g/mol. The average Bonchev–Trinajstić information content (AvgIpc) is 2.28. The first kappa shape index (κ1) is 12.4. The van der Waals surface area contributed by atoms with Crippen molar-refractivity contribution in [2.24, 2.45) is 4.99 Å². The lowest BCUT2D eigenvalue weighted by Crippen LogP contribution is -2.52. The molecule has 1 aromatic rings. The Morgan fingerprint density at radius 2 is 2.11 bits per heavy atom. The predicted molar refractivity (Wildman–Crippen MR) is 60.8 cm³/mol. The van der Waals surface area contributed by atoms with Gasteiger partial charge in [-0.15, -0.1) is 0 Å². The number of nitrogens with zero attached hydrogens (tertiary/aromatic N) is 1. The maximum absolute atomic E-state index is 12.5. The fourth-order valence-electron chi connectivity index (χ4n) is 1.46. The van der Waals surface area contributed by atoms with E-state index in [2.05, 4.69) is 15.6 Å². The van der Waals surface area contributed by atoms with Crippen LogP contribution < -0.4 is 10.6 Å². The normalized spacial score (nSPS) is 22.7. The number of anilines is 1. The van der Waals surface area contributed by atoms with Gasteiger partial charge in [0.05, 0.1) is 11.8 Å². The second kappa shape index (κ2) is 4.34. The van der Waals surface area contributed by atoms with Crippen molar-refractivity contribution in [3.05, 3.63) is 42.2 Å². The molecule has 96 valence electrons. The van der Waals surface area contributed by atoms with Gasteiger partial charge in [-0.1, -0.05) is 6.07 Å². The zero-order valence-corrected chi connectivity index (χ0v) is 9.07. The van der Waals surface area contributed by atoms with Crippen LogP contribution in [0.4, 0.5) is 18.9 Å². The van der Waals surface area contributed by atoms with Crippen molar-refractivity contribution >= 4 is 11.9 Å². The molecule has 0 aliphatic carbocycles. The van der Waals surface area contributed by atoms with Crippen LogP contribution in [0.3, 0.4) is 0 Å². The fourth-order valence-corrected chi connectivity index (χ4v) is 1.46. The Hall–Kier alpha value is -2.02. The first-order valence-electron chi connectivity index (χ1n) is 5.04. The van der Waals surface area contributed by atoms with E-state index in [-0.39, 0.29) is 5.69 Å². The summed E-state index contributed by atoms with van der Waals surface area (Å²) in [5.41, 5.74) is -0.666. The Labute approximate surface area is 101 Å². The summed E-state index contributed by atoms with van der Waals surface area (Å²) in [4.78, 5) is 3.69. The van der Waals surface area contributed by atoms with Crippen LogP contribution in [0.15, 0.2) is 41.7 Å². The van der Waals surface area contributed by atoms with E-state index in [1.54, 1.807) is 0 Å². The summed E-state index contributed by atoms with van der Waals surface area (Å²) in [6.07, 6.45) is -0.496. The van der Waals surface area contributed by atoms with Crippen LogP contribution in [0.2, 0.25) is 0 Å². The molecule has 0 fully saturated rings. The highest BCUT2D eigenvalue weighted by atomic mass is 19.4. The zero-order valence-electron chi connectivity index (χ0n) is 9.07. The van der Waals surface area contributed by atoms with E-state index in [0.717, 1.165) is 18.3 Å². The number of aliphatic hydroxyl groups is 1. The van der Waals surface area contributed by atoms with Crippen LogP contribution in [-0.2, 0) is 6.18 Å². The molecule has 0 bridgehead atoms. The molecule has 1 unspecified atom stereocenters.